The SMILES string of the molecule is CNC(=O)C(C)CN(C)Cc1cc2ccccc2nc1N. The first-order valence-corrected chi connectivity index (χ1v) is 7.05. The van der Waals surface area contributed by atoms with Crippen molar-refractivity contribution in [2.45, 2.75) is 13.5 Å². The molecule has 1 heterocycles. The van der Waals surface area contributed by atoms with E-state index in [-0.39, 0.29) is 11.8 Å². The number of para-hydroxylation sites is 1. The summed E-state index contributed by atoms with van der Waals surface area (Å²) in [5.74, 6) is 0.536. The summed E-state index contributed by atoms with van der Waals surface area (Å²) in [6.07, 6.45) is 0. The topological polar surface area (TPSA) is 71.2 Å². The molecule has 1 unspecified atom stereocenters. The maximum Gasteiger partial charge on any atom is 0.223 e. The number of carbonyl (C=O) groups excluding carboxylic acids is 1. The van der Waals surface area contributed by atoms with E-state index in [9.17, 15) is 4.79 Å². The predicted molar refractivity (Wildman–Crippen MR) is 85.7 cm³/mol. The second kappa shape index (κ2) is 6.54. The summed E-state index contributed by atoms with van der Waals surface area (Å²) < 4.78 is 0. The van der Waals surface area contributed by atoms with Crippen molar-refractivity contribution in [2.24, 2.45) is 5.92 Å². The lowest BCUT2D eigenvalue weighted by molar-refractivity contribution is -0.124. The zero-order valence-corrected chi connectivity index (χ0v) is 12.8. The van der Waals surface area contributed by atoms with E-state index in [1.807, 2.05) is 38.2 Å². The number of nitrogens with one attached hydrogen (secondary N) is 1. The van der Waals surface area contributed by atoms with Gasteiger partial charge in [-0.15, -0.1) is 0 Å². The van der Waals surface area contributed by atoms with Crippen LogP contribution in [0.25, 0.3) is 10.9 Å². The van der Waals surface area contributed by atoms with Gasteiger partial charge < -0.3 is 16.0 Å². The molecule has 0 spiro atoms. The zero-order valence-electron chi connectivity index (χ0n) is 12.8. The van der Waals surface area contributed by atoms with Crippen LogP contribution in [0, 0.1) is 5.92 Å². The Morgan fingerprint density at radius 3 is 2.86 bits per heavy atom. The number of aromatic nitrogens is 1. The molecule has 0 aliphatic carbocycles. The average Bonchev–Trinajstić information content (AvgIpc) is 2.47. The van der Waals surface area contributed by atoms with Crippen LogP contribution in [0.1, 0.15) is 12.5 Å². The van der Waals surface area contributed by atoms with Crippen LogP contribution in [0.3, 0.4) is 0 Å². The first kappa shape index (κ1) is 15.3. The van der Waals surface area contributed by atoms with Gasteiger partial charge in [0.1, 0.15) is 5.82 Å². The molecule has 0 radical (unpaired) electrons. The quantitative estimate of drug-likeness (QED) is 0.876. The highest BCUT2D eigenvalue weighted by Crippen LogP contribution is 2.19. The number of nitrogens with zero attached hydrogens (tertiary/aromatic N) is 2. The molecular weight excluding hydrogens is 264 g/mol. The van der Waals surface area contributed by atoms with Crippen molar-refractivity contribution >= 4 is 22.6 Å². The van der Waals surface area contributed by atoms with Crippen LogP contribution >= 0.6 is 0 Å². The smallest absolute Gasteiger partial charge is 0.223 e. The number of nitrogen functional groups attached to an aromatic ring is 1. The van der Waals surface area contributed by atoms with Crippen molar-refractivity contribution in [1.29, 1.82) is 0 Å². The van der Waals surface area contributed by atoms with E-state index in [1.54, 1.807) is 7.05 Å². The van der Waals surface area contributed by atoms with E-state index in [0.29, 0.717) is 18.9 Å². The van der Waals surface area contributed by atoms with Crippen LogP contribution in [-0.4, -0.2) is 36.4 Å². The molecule has 0 aliphatic rings. The number of pyridine rings is 1. The molecule has 2 rings (SSSR count). The maximum absolute atomic E-state index is 11.6. The standard InChI is InChI=1S/C16H22N4O/c1-11(16(21)18-2)9-20(3)10-13-8-12-6-4-5-7-14(12)19-15(13)17/h4-8,11H,9-10H2,1-3H3,(H2,17,19)(H,18,21). The molecule has 21 heavy (non-hydrogen) atoms. The summed E-state index contributed by atoms with van der Waals surface area (Å²) in [5.41, 5.74) is 7.92. The maximum atomic E-state index is 11.6. The normalized spacial score (nSPS) is 12.6. The number of hydrogen-bond donors (Lipinski definition) is 2. The molecule has 2 aromatic rings. The fourth-order valence-corrected chi connectivity index (χ4v) is 2.45. The number of anilines is 1. The van der Waals surface area contributed by atoms with Crippen LogP contribution in [0.2, 0.25) is 0 Å². The Balaban J connectivity index is 2.12. The largest absolute Gasteiger partial charge is 0.383 e. The van der Waals surface area contributed by atoms with Gasteiger partial charge in [0.2, 0.25) is 5.91 Å². The van der Waals surface area contributed by atoms with Crippen LogP contribution in [0.5, 0.6) is 0 Å². The first-order valence-electron chi connectivity index (χ1n) is 7.05. The number of carbonyl (C=O) groups is 1. The first-order chi connectivity index (χ1) is 10.0. The third-order valence-corrected chi connectivity index (χ3v) is 3.56. The Morgan fingerprint density at radius 1 is 1.43 bits per heavy atom. The lowest BCUT2D eigenvalue weighted by Crippen LogP contribution is -2.34. The van der Waals surface area contributed by atoms with Gasteiger partial charge in [-0.25, -0.2) is 4.98 Å². The molecule has 0 saturated heterocycles. The number of amides is 1. The van der Waals surface area contributed by atoms with Gasteiger partial charge in [-0.05, 0) is 19.2 Å². The highest BCUT2D eigenvalue weighted by molar-refractivity contribution is 5.81. The Labute approximate surface area is 125 Å². The van der Waals surface area contributed by atoms with Gasteiger partial charge in [0.15, 0.2) is 0 Å². The van der Waals surface area contributed by atoms with E-state index in [1.165, 1.54) is 0 Å². The number of hydrogen-bond acceptors (Lipinski definition) is 4. The number of nitrogens with two attached hydrogens (primary N) is 1. The van der Waals surface area contributed by atoms with Gasteiger partial charge >= 0.3 is 0 Å². The van der Waals surface area contributed by atoms with Gasteiger partial charge in [0.05, 0.1) is 5.52 Å². The minimum atomic E-state index is -0.0605. The van der Waals surface area contributed by atoms with Crippen molar-refractivity contribution in [3.63, 3.8) is 0 Å². The number of benzene rings is 1. The molecule has 3 N–H and O–H groups in total. The molecule has 5 nitrogen and oxygen atoms in total. The Kier molecular flexibility index (Phi) is 4.75. The fourth-order valence-electron chi connectivity index (χ4n) is 2.45. The molecule has 0 aliphatic heterocycles. The molecule has 1 aromatic carbocycles. The Morgan fingerprint density at radius 2 is 2.14 bits per heavy atom. The monoisotopic (exact) mass is 286 g/mol. The molecule has 0 fully saturated rings. The van der Waals surface area contributed by atoms with Crippen molar-refractivity contribution < 1.29 is 4.79 Å². The summed E-state index contributed by atoms with van der Waals surface area (Å²) in [7, 11) is 3.64. The van der Waals surface area contributed by atoms with E-state index in [0.717, 1.165) is 16.5 Å². The zero-order chi connectivity index (χ0) is 15.4. The van der Waals surface area contributed by atoms with Crippen molar-refractivity contribution in [3.05, 3.63) is 35.9 Å². The molecule has 1 atom stereocenters. The summed E-state index contributed by atoms with van der Waals surface area (Å²) in [6, 6.07) is 9.98. The molecule has 5 heteroatoms. The highest BCUT2D eigenvalue weighted by Gasteiger charge is 2.14. The van der Waals surface area contributed by atoms with Crippen molar-refractivity contribution in [2.75, 3.05) is 26.4 Å². The van der Waals surface area contributed by atoms with Gasteiger partial charge in [-0.3, -0.25) is 4.79 Å². The minimum Gasteiger partial charge on any atom is -0.383 e. The van der Waals surface area contributed by atoms with Gasteiger partial charge in [0.25, 0.3) is 0 Å². The number of rotatable bonds is 5. The lowest BCUT2D eigenvalue weighted by Gasteiger charge is -2.21. The third kappa shape index (κ3) is 3.70. The third-order valence-electron chi connectivity index (χ3n) is 3.56. The average molecular weight is 286 g/mol. The Hall–Kier alpha value is -2.14. The summed E-state index contributed by atoms with van der Waals surface area (Å²) in [6.45, 7) is 3.26. The minimum absolute atomic E-state index is 0.0476. The van der Waals surface area contributed by atoms with Gasteiger partial charge in [0, 0.05) is 37.0 Å². The molecule has 1 aromatic heterocycles. The molecule has 1 amide bonds. The number of fused-ring (bicyclic) bond motifs is 1. The molecule has 0 bridgehead atoms. The summed E-state index contributed by atoms with van der Waals surface area (Å²) in [4.78, 5) is 18.1. The van der Waals surface area contributed by atoms with Crippen LogP contribution in [-0.2, 0) is 11.3 Å². The summed E-state index contributed by atoms with van der Waals surface area (Å²) >= 11 is 0. The second-order valence-corrected chi connectivity index (χ2v) is 5.44. The van der Waals surface area contributed by atoms with Crippen molar-refractivity contribution in [3.8, 4) is 0 Å². The van der Waals surface area contributed by atoms with Gasteiger partial charge in [-0.1, -0.05) is 25.1 Å². The van der Waals surface area contributed by atoms with E-state index in [2.05, 4.69) is 21.3 Å². The van der Waals surface area contributed by atoms with Crippen LogP contribution in [0.4, 0.5) is 5.82 Å². The van der Waals surface area contributed by atoms with E-state index in [4.69, 9.17) is 5.73 Å². The predicted octanol–water partition coefficient (Wildman–Crippen LogP) is 1.63. The molecular formula is C16H22N4O. The molecule has 0 saturated carbocycles. The van der Waals surface area contributed by atoms with E-state index >= 15 is 0 Å². The fraction of sp³-hybridized carbons (Fsp3) is 0.375. The highest BCUT2D eigenvalue weighted by atomic mass is 16.1. The lowest BCUT2D eigenvalue weighted by atomic mass is 10.1. The summed E-state index contributed by atoms with van der Waals surface area (Å²) in [5, 5.41) is 3.75. The molecule has 112 valence electrons. The van der Waals surface area contributed by atoms with E-state index < -0.39 is 0 Å². The van der Waals surface area contributed by atoms with Crippen molar-refractivity contribution in [1.82, 2.24) is 15.2 Å². The van der Waals surface area contributed by atoms with Crippen LogP contribution < -0.4 is 11.1 Å². The Bertz CT molecular complexity index is 641. The van der Waals surface area contributed by atoms with Gasteiger partial charge in [-0.2, -0.15) is 0 Å². The van der Waals surface area contributed by atoms with Crippen LogP contribution in [0.15, 0.2) is 30.3 Å². The second-order valence-electron chi connectivity index (χ2n) is 5.44.